The Hall–Kier alpha value is -1.80. The number of amides is 1. The third-order valence-corrected chi connectivity index (χ3v) is 4.72. The lowest BCUT2D eigenvalue weighted by Gasteiger charge is -2.09. The Labute approximate surface area is 157 Å². The van der Waals surface area contributed by atoms with Crippen LogP contribution in [0, 0.1) is 5.82 Å². The van der Waals surface area contributed by atoms with E-state index >= 15 is 0 Å². The second kappa shape index (κ2) is 8.05. The van der Waals surface area contributed by atoms with Gasteiger partial charge in [-0.1, -0.05) is 45.7 Å². The molecule has 1 aliphatic heterocycles. The van der Waals surface area contributed by atoms with Gasteiger partial charge in [-0.2, -0.15) is 5.10 Å². The predicted octanol–water partition coefficient (Wildman–Crippen LogP) is 3.30. The number of hydrogen-bond acceptors (Lipinski definition) is 4. The van der Waals surface area contributed by atoms with Gasteiger partial charge in [0.1, 0.15) is 11.9 Å². The molecule has 1 saturated heterocycles. The summed E-state index contributed by atoms with van der Waals surface area (Å²) < 4.78 is 14.6. The molecule has 3 rings (SSSR count). The highest BCUT2D eigenvalue weighted by Crippen LogP contribution is 2.23. The number of benzene rings is 2. The van der Waals surface area contributed by atoms with Crippen LogP contribution in [0.3, 0.4) is 0 Å². The van der Waals surface area contributed by atoms with E-state index in [1.54, 1.807) is 6.07 Å². The van der Waals surface area contributed by atoms with Crippen LogP contribution in [0.4, 0.5) is 4.39 Å². The van der Waals surface area contributed by atoms with E-state index in [0.717, 1.165) is 10.0 Å². The lowest BCUT2D eigenvalue weighted by Crippen LogP contribution is -2.41. The first-order chi connectivity index (χ1) is 12.0. The highest BCUT2D eigenvalue weighted by atomic mass is 79.9. The molecule has 1 fully saturated rings. The van der Waals surface area contributed by atoms with Gasteiger partial charge >= 0.3 is 0 Å². The zero-order valence-corrected chi connectivity index (χ0v) is 15.3. The minimum absolute atomic E-state index is 0.0221. The van der Waals surface area contributed by atoms with Crippen LogP contribution in [0.2, 0.25) is 5.02 Å². The van der Waals surface area contributed by atoms with Crippen molar-refractivity contribution in [1.82, 2.24) is 16.3 Å². The quantitative estimate of drug-likeness (QED) is 0.520. The Morgan fingerprint density at radius 2 is 2.04 bits per heavy atom. The second-order valence-corrected chi connectivity index (χ2v) is 6.87. The molecule has 5 nitrogen and oxygen atoms in total. The normalized spacial score (nSPS) is 20.1. The minimum atomic E-state index is -0.499. The van der Waals surface area contributed by atoms with Crippen molar-refractivity contribution in [3.8, 4) is 0 Å². The molecule has 0 saturated carbocycles. The van der Waals surface area contributed by atoms with E-state index in [9.17, 15) is 9.18 Å². The smallest absolute Gasteiger partial charge is 0.258 e. The number of hydrogen-bond donors (Lipinski definition) is 3. The van der Waals surface area contributed by atoms with Gasteiger partial charge < -0.3 is 0 Å². The zero-order chi connectivity index (χ0) is 17.8. The monoisotopic (exact) mass is 424 g/mol. The van der Waals surface area contributed by atoms with Gasteiger partial charge in [0.25, 0.3) is 5.91 Å². The van der Waals surface area contributed by atoms with E-state index in [2.05, 4.69) is 37.3 Å². The highest BCUT2D eigenvalue weighted by molar-refractivity contribution is 9.10. The number of carbonyl (C=O) groups excluding carboxylic acids is 1. The molecule has 0 bridgehead atoms. The molecule has 2 aromatic carbocycles. The maximum atomic E-state index is 13.6. The van der Waals surface area contributed by atoms with Crippen molar-refractivity contribution < 1.29 is 9.18 Å². The number of nitrogens with zero attached hydrogens (tertiary/aromatic N) is 1. The predicted molar refractivity (Wildman–Crippen MR) is 98.7 cm³/mol. The van der Waals surface area contributed by atoms with E-state index in [0.29, 0.717) is 6.42 Å². The summed E-state index contributed by atoms with van der Waals surface area (Å²) in [6.45, 7) is 0. The summed E-state index contributed by atoms with van der Waals surface area (Å²) in [7, 11) is 0. The molecule has 0 radical (unpaired) electrons. The zero-order valence-electron chi connectivity index (χ0n) is 13.0. The largest absolute Gasteiger partial charge is 0.271 e. The number of nitrogens with one attached hydrogen (secondary N) is 3. The van der Waals surface area contributed by atoms with Crippen LogP contribution in [0.15, 0.2) is 52.0 Å². The third-order valence-electron chi connectivity index (χ3n) is 3.86. The van der Waals surface area contributed by atoms with Gasteiger partial charge in [-0.15, -0.1) is 0 Å². The van der Waals surface area contributed by atoms with E-state index in [-0.39, 0.29) is 22.5 Å². The van der Waals surface area contributed by atoms with Crippen molar-refractivity contribution >= 4 is 39.7 Å². The molecule has 0 aromatic heterocycles. The summed E-state index contributed by atoms with van der Waals surface area (Å²) in [4.78, 5) is 12.2. The number of carbonyl (C=O) groups is 1. The first-order valence-electron chi connectivity index (χ1n) is 7.58. The summed E-state index contributed by atoms with van der Waals surface area (Å²) in [6.07, 6.45) is 1.77. The molecule has 2 atom stereocenters. The standard InChI is InChI=1S/C17H15BrClFN4O/c18-11-6-4-10(5-7-11)15-8-16(23-22-15)17(25)24-21-9-12-13(19)2-1-3-14(12)20/h1-7,9,15-16,22-23H,8H2,(H,24,25)/b21-9+. The topological polar surface area (TPSA) is 65.5 Å². The first kappa shape index (κ1) is 18.0. The summed E-state index contributed by atoms with van der Waals surface area (Å²) in [5.41, 5.74) is 9.65. The van der Waals surface area contributed by atoms with Crippen LogP contribution in [0.5, 0.6) is 0 Å². The van der Waals surface area contributed by atoms with Crippen LogP contribution in [-0.2, 0) is 4.79 Å². The maximum absolute atomic E-state index is 13.6. The molecule has 2 aromatic rings. The number of hydrazine groups is 1. The molecule has 3 N–H and O–H groups in total. The average Bonchev–Trinajstić information content (AvgIpc) is 3.08. The Bertz CT molecular complexity index is 779. The van der Waals surface area contributed by atoms with E-state index in [1.165, 1.54) is 18.3 Å². The molecular formula is C17H15BrClFN4O. The van der Waals surface area contributed by atoms with E-state index in [1.807, 2.05) is 24.3 Å². The molecule has 1 heterocycles. The summed E-state index contributed by atoms with van der Waals surface area (Å²) in [6, 6.07) is 11.8. The SMILES string of the molecule is O=C(N/N=C/c1c(F)cccc1Cl)C1CC(c2ccc(Br)cc2)NN1. The van der Waals surface area contributed by atoms with Crippen LogP contribution < -0.4 is 16.3 Å². The van der Waals surface area contributed by atoms with Crippen molar-refractivity contribution in [3.63, 3.8) is 0 Å². The van der Waals surface area contributed by atoms with Crippen molar-refractivity contribution in [2.45, 2.75) is 18.5 Å². The van der Waals surface area contributed by atoms with Crippen LogP contribution in [0.1, 0.15) is 23.6 Å². The maximum Gasteiger partial charge on any atom is 0.258 e. The van der Waals surface area contributed by atoms with Crippen LogP contribution in [-0.4, -0.2) is 18.2 Å². The molecule has 0 aliphatic carbocycles. The van der Waals surface area contributed by atoms with Crippen LogP contribution in [0.25, 0.3) is 0 Å². The number of rotatable bonds is 4. The fourth-order valence-electron chi connectivity index (χ4n) is 2.51. The van der Waals surface area contributed by atoms with Crippen LogP contribution >= 0.6 is 27.5 Å². The first-order valence-corrected chi connectivity index (χ1v) is 8.75. The Morgan fingerprint density at radius 1 is 1.28 bits per heavy atom. The lowest BCUT2D eigenvalue weighted by atomic mass is 10.0. The van der Waals surface area contributed by atoms with Gasteiger partial charge in [0.05, 0.1) is 11.2 Å². The molecule has 8 heteroatoms. The molecule has 1 aliphatic rings. The molecule has 1 amide bonds. The molecule has 130 valence electrons. The van der Waals surface area contributed by atoms with Gasteiger partial charge in [-0.25, -0.2) is 20.7 Å². The fraction of sp³-hybridized carbons (Fsp3) is 0.176. The van der Waals surface area contributed by atoms with Gasteiger partial charge in [-0.3, -0.25) is 4.79 Å². The summed E-state index contributed by atoms with van der Waals surface area (Å²) in [5, 5.41) is 4.02. The van der Waals surface area contributed by atoms with Crippen molar-refractivity contribution in [3.05, 3.63) is 68.9 Å². The molecule has 2 unspecified atom stereocenters. The molecule has 25 heavy (non-hydrogen) atoms. The number of hydrazone groups is 1. The highest BCUT2D eigenvalue weighted by Gasteiger charge is 2.29. The molecule has 0 spiro atoms. The van der Waals surface area contributed by atoms with E-state index < -0.39 is 11.9 Å². The third kappa shape index (κ3) is 4.43. The van der Waals surface area contributed by atoms with Crippen molar-refractivity contribution in [1.29, 1.82) is 0 Å². The van der Waals surface area contributed by atoms with Gasteiger partial charge in [0.15, 0.2) is 0 Å². The minimum Gasteiger partial charge on any atom is -0.271 e. The Balaban J connectivity index is 1.57. The van der Waals surface area contributed by atoms with Crippen molar-refractivity contribution in [2.24, 2.45) is 5.10 Å². The summed E-state index contributed by atoms with van der Waals surface area (Å²) >= 11 is 9.30. The Morgan fingerprint density at radius 3 is 2.76 bits per heavy atom. The number of halogens is 3. The summed E-state index contributed by atoms with van der Waals surface area (Å²) in [5.74, 6) is -0.808. The molecular weight excluding hydrogens is 411 g/mol. The van der Waals surface area contributed by atoms with Gasteiger partial charge in [0, 0.05) is 16.1 Å². The van der Waals surface area contributed by atoms with Gasteiger partial charge in [-0.05, 0) is 36.2 Å². The lowest BCUT2D eigenvalue weighted by molar-refractivity contribution is -0.122. The Kier molecular flexibility index (Phi) is 5.80. The van der Waals surface area contributed by atoms with Gasteiger partial charge in [0.2, 0.25) is 0 Å². The van der Waals surface area contributed by atoms with E-state index in [4.69, 9.17) is 11.6 Å². The second-order valence-electron chi connectivity index (χ2n) is 5.55. The van der Waals surface area contributed by atoms with Crippen molar-refractivity contribution in [2.75, 3.05) is 0 Å². The average molecular weight is 426 g/mol. The fourth-order valence-corrected chi connectivity index (χ4v) is 2.99.